The van der Waals surface area contributed by atoms with Crippen LogP contribution in [-0.4, -0.2) is 21.6 Å². The number of aromatic nitrogens is 1. The minimum absolute atomic E-state index is 0.544. The molecule has 1 saturated carbocycles. The van der Waals surface area contributed by atoms with Gasteiger partial charge in [0.1, 0.15) is 5.00 Å². The van der Waals surface area contributed by atoms with Crippen molar-refractivity contribution in [1.82, 2.24) is 4.37 Å². The second kappa shape index (κ2) is 5.10. The van der Waals surface area contributed by atoms with Gasteiger partial charge in [0.05, 0.1) is 11.1 Å². The van der Waals surface area contributed by atoms with Gasteiger partial charge in [0.2, 0.25) is 0 Å². The summed E-state index contributed by atoms with van der Waals surface area (Å²) in [5.41, 5.74) is 0.483. The molecule has 1 aromatic heterocycles. The Morgan fingerprint density at radius 1 is 1.37 bits per heavy atom. The fourth-order valence-electron chi connectivity index (χ4n) is 2.74. The van der Waals surface area contributed by atoms with Crippen LogP contribution in [0.3, 0.4) is 0 Å². The summed E-state index contributed by atoms with van der Waals surface area (Å²) in [6.07, 6.45) is 4.05. The Hall–Kier alpha value is -1.13. The molecular formula is C15H20N2OS. The summed E-state index contributed by atoms with van der Waals surface area (Å²) in [6, 6.07) is 8.13. The molecule has 0 amide bonds. The number of aliphatic hydroxyl groups is 1. The number of nitrogens with one attached hydrogen (secondary N) is 1. The van der Waals surface area contributed by atoms with Crippen molar-refractivity contribution in [2.24, 2.45) is 5.92 Å². The normalized spacial score (nSPS) is 27.6. The van der Waals surface area contributed by atoms with Gasteiger partial charge in [-0.1, -0.05) is 19.1 Å². The first-order chi connectivity index (χ1) is 9.16. The molecular weight excluding hydrogens is 256 g/mol. The predicted molar refractivity (Wildman–Crippen MR) is 80.7 cm³/mol. The van der Waals surface area contributed by atoms with Crippen LogP contribution >= 0.6 is 11.5 Å². The van der Waals surface area contributed by atoms with Gasteiger partial charge in [-0.15, -0.1) is 0 Å². The molecule has 19 heavy (non-hydrogen) atoms. The number of benzene rings is 1. The molecule has 1 heterocycles. The van der Waals surface area contributed by atoms with E-state index in [4.69, 9.17) is 0 Å². The molecule has 0 unspecified atom stereocenters. The first-order valence-corrected chi connectivity index (χ1v) is 7.74. The van der Waals surface area contributed by atoms with E-state index in [2.05, 4.69) is 22.7 Å². The number of fused-ring (bicyclic) bond motifs is 1. The highest BCUT2D eigenvalue weighted by molar-refractivity contribution is 7.11. The van der Waals surface area contributed by atoms with Gasteiger partial charge < -0.3 is 10.4 Å². The SMILES string of the molecule is CC1CCC(O)(CNc2snc3ccccc23)CC1. The van der Waals surface area contributed by atoms with Crippen LogP contribution in [0.15, 0.2) is 24.3 Å². The maximum atomic E-state index is 10.6. The van der Waals surface area contributed by atoms with Crippen molar-refractivity contribution >= 4 is 27.4 Å². The molecule has 2 N–H and O–H groups in total. The monoisotopic (exact) mass is 276 g/mol. The van der Waals surface area contributed by atoms with E-state index in [-0.39, 0.29) is 0 Å². The molecule has 1 aliphatic rings. The number of nitrogens with zero attached hydrogens (tertiary/aromatic N) is 1. The number of hydrogen-bond donors (Lipinski definition) is 2. The van der Waals surface area contributed by atoms with Gasteiger partial charge in [-0.25, -0.2) is 0 Å². The fourth-order valence-corrected chi connectivity index (χ4v) is 3.49. The van der Waals surface area contributed by atoms with Crippen molar-refractivity contribution in [3.8, 4) is 0 Å². The Balaban J connectivity index is 1.69. The van der Waals surface area contributed by atoms with Crippen molar-refractivity contribution in [1.29, 1.82) is 0 Å². The van der Waals surface area contributed by atoms with Crippen LogP contribution in [0.4, 0.5) is 5.00 Å². The Bertz CT molecular complexity index is 558. The summed E-state index contributed by atoms with van der Waals surface area (Å²) in [5, 5.41) is 16.2. The molecule has 0 aliphatic heterocycles. The Kier molecular flexibility index (Phi) is 3.46. The van der Waals surface area contributed by atoms with Gasteiger partial charge in [0.25, 0.3) is 0 Å². The molecule has 0 atom stereocenters. The highest BCUT2D eigenvalue weighted by Crippen LogP contribution is 2.33. The topological polar surface area (TPSA) is 45.1 Å². The molecule has 102 valence electrons. The zero-order valence-electron chi connectivity index (χ0n) is 11.2. The third-order valence-corrected chi connectivity index (χ3v) is 5.00. The van der Waals surface area contributed by atoms with Crippen LogP contribution in [0.1, 0.15) is 32.6 Å². The summed E-state index contributed by atoms with van der Waals surface area (Å²) < 4.78 is 4.41. The number of hydrogen-bond acceptors (Lipinski definition) is 4. The van der Waals surface area contributed by atoms with E-state index in [1.165, 1.54) is 11.5 Å². The maximum Gasteiger partial charge on any atom is 0.117 e. The minimum atomic E-state index is -0.544. The quantitative estimate of drug-likeness (QED) is 0.899. The standard InChI is InChI=1S/C15H20N2OS/c1-11-6-8-15(18,9-7-11)10-16-14-12-4-2-3-5-13(12)17-19-14/h2-5,11,16,18H,6-10H2,1H3. The van der Waals surface area contributed by atoms with E-state index in [9.17, 15) is 5.11 Å². The molecule has 0 spiro atoms. The molecule has 0 saturated heterocycles. The smallest absolute Gasteiger partial charge is 0.117 e. The summed E-state index contributed by atoms with van der Waals surface area (Å²) in [5.74, 6) is 0.754. The lowest BCUT2D eigenvalue weighted by atomic mass is 9.79. The highest BCUT2D eigenvalue weighted by Gasteiger charge is 2.31. The largest absolute Gasteiger partial charge is 0.388 e. The van der Waals surface area contributed by atoms with Crippen molar-refractivity contribution in [2.45, 2.75) is 38.2 Å². The summed E-state index contributed by atoms with van der Waals surface area (Å²) in [7, 11) is 0. The Morgan fingerprint density at radius 3 is 2.89 bits per heavy atom. The first-order valence-electron chi connectivity index (χ1n) is 6.97. The summed E-state index contributed by atoms with van der Waals surface area (Å²) in [6.45, 7) is 2.90. The zero-order chi connectivity index (χ0) is 13.3. The lowest BCUT2D eigenvalue weighted by molar-refractivity contribution is 0.00509. The van der Waals surface area contributed by atoms with Gasteiger partial charge in [0, 0.05) is 11.9 Å². The van der Waals surface area contributed by atoms with Crippen molar-refractivity contribution in [2.75, 3.05) is 11.9 Å². The van der Waals surface area contributed by atoms with E-state index in [1.807, 2.05) is 18.2 Å². The first kappa shape index (κ1) is 12.9. The van der Waals surface area contributed by atoms with Gasteiger partial charge in [-0.3, -0.25) is 0 Å². The molecule has 1 aromatic carbocycles. The third kappa shape index (κ3) is 2.74. The summed E-state index contributed by atoms with van der Waals surface area (Å²) in [4.78, 5) is 0. The van der Waals surface area contributed by atoms with Gasteiger partial charge in [0.15, 0.2) is 0 Å². The third-order valence-electron chi connectivity index (χ3n) is 4.17. The second-order valence-corrected chi connectivity index (χ2v) is 6.56. The molecule has 3 rings (SSSR count). The van der Waals surface area contributed by atoms with E-state index in [0.717, 1.165) is 47.5 Å². The predicted octanol–water partition coefficient (Wildman–Crippen LogP) is 3.65. The van der Waals surface area contributed by atoms with Crippen LogP contribution in [-0.2, 0) is 0 Å². The van der Waals surface area contributed by atoms with Gasteiger partial charge >= 0.3 is 0 Å². The zero-order valence-corrected chi connectivity index (χ0v) is 12.0. The Morgan fingerprint density at radius 2 is 2.11 bits per heavy atom. The number of rotatable bonds is 3. The minimum Gasteiger partial charge on any atom is -0.388 e. The summed E-state index contributed by atoms with van der Waals surface area (Å²) >= 11 is 1.48. The van der Waals surface area contributed by atoms with E-state index in [0.29, 0.717) is 6.54 Å². The maximum absolute atomic E-state index is 10.6. The molecule has 1 aliphatic carbocycles. The highest BCUT2D eigenvalue weighted by atomic mass is 32.1. The Labute approximate surface area is 117 Å². The molecule has 1 fully saturated rings. The fraction of sp³-hybridized carbons (Fsp3) is 0.533. The molecule has 2 aromatic rings. The van der Waals surface area contributed by atoms with Crippen molar-refractivity contribution < 1.29 is 5.11 Å². The molecule has 3 nitrogen and oxygen atoms in total. The van der Waals surface area contributed by atoms with E-state index >= 15 is 0 Å². The van der Waals surface area contributed by atoms with E-state index in [1.54, 1.807) is 0 Å². The van der Waals surface area contributed by atoms with Crippen LogP contribution in [0.25, 0.3) is 10.9 Å². The second-order valence-electron chi connectivity index (χ2n) is 5.79. The average molecular weight is 276 g/mol. The van der Waals surface area contributed by atoms with Crippen LogP contribution in [0.2, 0.25) is 0 Å². The van der Waals surface area contributed by atoms with Crippen molar-refractivity contribution in [3.05, 3.63) is 24.3 Å². The lowest BCUT2D eigenvalue weighted by Crippen LogP contribution is -2.40. The molecule has 4 heteroatoms. The van der Waals surface area contributed by atoms with E-state index < -0.39 is 5.60 Å². The van der Waals surface area contributed by atoms with Crippen LogP contribution in [0, 0.1) is 5.92 Å². The lowest BCUT2D eigenvalue weighted by Gasteiger charge is -2.35. The van der Waals surface area contributed by atoms with Crippen LogP contribution < -0.4 is 5.32 Å². The molecule has 0 bridgehead atoms. The van der Waals surface area contributed by atoms with Crippen molar-refractivity contribution in [3.63, 3.8) is 0 Å². The average Bonchev–Trinajstić information content (AvgIpc) is 2.84. The molecule has 0 radical (unpaired) electrons. The van der Waals surface area contributed by atoms with Crippen LogP contribution in [0.5, 0.6) is 0 Å². The van der Waals surface area contributed by atoms with Gasteiger partial charge in [-0.05, 0) is 55.3 Å². The van der Waals surface area contributed by atoms with Gasteiger partial charge in [-0.2, -0.15) is 4.37 Å². The number of anilines is 1.